The zero-order valence-corrected chi connectivity index (χ0v) is 11.7. The summed E-state index contributed by atoms with van der Waals surface area (Å²) in [7, 11) is 2.03. The molecule has 0 spiro atoms. The Hall–Kier alpha value is -1.61. The van der Waals surface area contributed by atoms with E-state index in [2.05, 4.69) is 47.3 Å². The van der Waals surface area contributed by atoms with Crippen molar-refractivity contribution in [2.45, 2.75) is 26.3 Å². The molecule has 2 heterocycles. The first-order valence-corrected chi connectivity index (χ1v) is 7.04. The maximum atomic E-state index is 4.82. The van der Waals surface area contributed by atoms with Crippen LogP contribution in [-0.4, -0.2) is 23.1 Å². The van der Waals surface area contributed by atoms with Crippen LogP contribution >= 0.6 is 0 Å². The number of rotatable bonds is 3. The van der Waals surface area contributed by atoms with Crippen LogP contribution in [-0.2, 0) is 13.0 Å². The smallest absolute Gasteiger partial charge is 0.109 e. The monoisotopic (exact) mass is 255 g/mol. The zero-order valence-electron chi connectivity index (χ0n) is 11.7. The van der Waals surface area contributed by atoms with Gasteiger partial charge >= 0.3 is 0 Å². The lowest BCUT2D eigenvalue weighted by molar-refractivity contribution is 0.372. The minimum absolute atomic E-state index is 0.728. The van der Waals surface area contributed by atoms with Gasteiger partial charge in [0.15, 0.2) is 0 Å². The fourth-order valence-corrected chi connectivity index (χ4v) is 2.82. The SMILES string of the molecule is CNCC1CCn2cc(-c3ccc(C)cc3)nc2C1. The van der Waals surface area contributed by atoms with E-state index in [1.807, 2.05) is 7.05 Å². The number of aryl methyl sites for hydroxylation is 2. The van der Waals surface area contributed by atoms with Crippen LogP contribution in [0, 0.1) is 12.8 Å². The van der Waals surface area contributed by atoms with E-state index in [0.29, 0.717) is 0 Å². The standard InChI is InChI=1S/C16H21N3/c1-12-3-5-14(6-4-12)15-11-19-8-7-13(10-17-2)9-16(19)18-15/h3-6,11,13,17H,7-10H2,1-2H3. The van der Waals surface area contributed by atoms with Crippen molar-refractivity contribution in [3.05, 3.63) is 41.9 Å². The number of hydrogen-bond donors (Lipinski definition) is 1. The lowest BCUT2D eigenvalue weighted by Gasteiger charge is -2.22. The molecule has 1 N–H and O–H groups in total. The second kappa shape index (κ2) is 5.17. The lowest BCUT2D eigenvalue weighted by Crippen LogP contribution is -2.27. The van der Waals surface area contributed by atoms with E-state index in [1.165, 1.54) is 23.4 Å². The Morgan fingerprint density at radius 1 is 1.32 bits per heavy atom. The van der Waals surface area contributed by atoms with Crippen LogP contribution in [0.15, 0.2) is 30.5 Å². The Morgan fingerprint density at radius 3 is 2.84 bits per heavy atom. The molecule has 0 saturated heterocycles. The lowest BCUT2D eigenvalue weighted by atomic mass is 9.98. The summed E-state index contributed by atoms with van der Waals surface area (Å²) >= 11 is 0. The van der Waals surface area contributed by atoms with Crippen LogP contribution in [0.3, 0.4) is 0 Å². The number of fused-ring (bicyclic) bond motifs is 1. The largest absolute Gasteiger partial charge is 0.334 e. The van der Waals surface area contributed by atoms with Crippen LogP contribution in [0.4, 0.5) is 0 Å². The molecule has 100 valence electrons. The fourth-order valence-electron chi connectivity index (χ4n) is 2.82. The molecule has 0 saturated carbocycles. The van der Waals surface area contributed by atoms with Crippen molar-refractivity contribution in [3.8, 4) is 11.3 Å². The van der Waals surface area contributed by atoms with Gasteiger partial charge in [-0.3, -0.25) is 0 Å². The molecule has 1 unspecified atom stereocenters. The minimum atomic E-state index is 0.728. The number of imidazole rings is 1. The molecule has 3 nitrogen and oxygen atoms in total. The zero-order chi connectivity index (χ0) is 13.2. The highest BCUT2D eigenvalue weighted by Gasteiger charge is 2.20. The summed E-state index contributed by atoms with van der Waals surface area (Å²) in [6.07, 6.45) is 4.54. The molecular weight excluding hydrogens is 234 g/mol. The van der Waals surface area contributed by atoms with Crippen molar-refractivity contribution in [2.24, 2.45) is 5.92 Å². The molecule has 19 heavy (non-hydrogen) atoms. The van der Waals surface area contributed by atoms with Gasteiger partial charge in [-0.25, -0.2) is 4.98 Å². The predicted molar refractivity (Wildman–Crippen MR) is 78.1 cm³/mol. The second-order valence-electron chi connectivity index (χ2n) is 5.52. The summed E-state index contributed by atoms with van der Waals surface area (Å²) in [4.78, 5) is 4.82. The summed E-state index contributed by atoms with van der Waals surface area (Å²) in [6, 6.07) is 8.62. The summed E-state index contributed by atoms with van der Waals surface area (Å²) in [6.45, 7) is 4.30. The Balaban J connectivity index is 1.85. The van der Waals surface area contributed by atoms with E-state index in [9.17, 15) is 0 Å². The van der Waals surface area contributed by atoms with Gasteiger partial charge in [0.1, 0.15) is 5.82 Å². The Labute approximate surface area is 114 Å². The van der Waals surface area contributed by atoms with E-state index in [4.69, 9.17) is 4.98 Å². The van der Waals surface area contributed by atoms with Gasteiger partial charge in [0.2, 0.25) is 0 Å². The molecule has 1 aliphatic rings. The normalized spacial score (nSPS) is 18.3. The summed E-state index contributed by atoms with van der Waals surface area (Å²) < 4.78 is 2.32. The third-order valence-corrected chi connectivity index (χ3v) is 3.95. The predicted octanol–water partition coefficient (Wildman–Crippen LogP) is 2.64. The number of benzene rings is 1. The van der Waals surface area contributed by atoms with Gasteiger partial charge in [-0.15, -0.1) is 0 Å². The molecule has 0 amide bonds. The van der Waals surface area contributed by atoms with E-state index in [1.54, 1.807) is 0 Å². The third kappa shape index (κ3) is 2.56. The summed E-state index contributed by atoms with van der Waals surface area (Å²) in [5.41, 5.74) is 3.62. The minimum Gasteiger partial charge on any atom is -0.334 e. The van der Waals surface area contributed by atoms with Crippen LogP contribution in [0.1, 0.15) is 17.8 Å². The van der Waals surface area contributed by atoms with Gasteiger partial charge in [0.05, 0.1) is 5.69 Å². The molecule has 1 atom stereocenters. The van der Waals surface area contributed by atoms with Crippen LogP contribution < -0.4 is 5.32 Å². The average Bonchev–Trinajstić information content (AvgIpc) is 2.83. The number of nitrogens with zero attached hydrogens (tertiary/aromatic N) is 2. The number of nitrogens with one attached hydrogen (secondary N) is 1. The van der Waals surface area contributed by atoms with Gasteiger partial charge in [0, 0.05) is 24.7 Å². The van der Waals surface area contributed by atoms with Gasteiger partial charge in [-0.2, -0.15) is 0 Å². The molecule has 0 radical (unpaired) electrons. The van der Waals surface area contributed by atoms with E-state index in [-0.39, 0.29) is 0 Å². The van der Waals surface area contributed by atoms with Crippen LogP contribution in [0.5, 0.6) is 0 Å². The van der Waals surface area contributed by atoms with Crippen molar-refractivity contribution in [1.82, 2.24) is 14.9 Å². The maximum Gasteiger partial charge on any atom is 0.109 e. The number of hydrogen-bond acceptors (Lipinski definition) is 2. The van der Waals surface area contributed by atoms with E-state index >= 15 is 0 Å². The van der Waals surface area contributed by atoms with Crippen molar-refractivity contribution in [2.75, 3.05) is 13.6 Å². The second-order valence-corrected chi connectivity index (χ2v) is 5.52. The highest BCUT2D eigenvalue weighted by Crippen LogP contribution is 2.25. The van der Waals surface area contributed by atoms with Crippen molar-refractivity contribution in [1.29, 1.82) is 0 Å². The molecule has 1 aromatic carbocycles. The summed E-state index contributed by atoms with van der Waals surface area (Å²) in [5, 5.41) is 3.28. The Kier molecular flexibility index (Phi) is 3.38. The van der Waals surface area contributed by atoms with Crippen molar-refractivity contribution in [3.63, 3.8) is 0 Å². The molecule has 3 heteroatoms. The highest BCUT2D eigenvalue weighted by atomic mass is 15.1. The molecule has 0 bridgehead atoms. The molecule has 1 aliphatic heterocycles. The molecule has 0 fully saturated rings. The molecular formula is C16H21N3. The first kappa shape index (κ1) is 12.4. The topological polar surface area (TPSA) is 29.9 Å². The van der Waals surface area contributed by atoms with Crippen molar-refractivity contribution >= 4 is 0 Å². The maximum absolute atomic E-state index is 4.82. The van der Waals surface area contributed by atoms with Gasteiger partial charge < -0.3 is 9.88 Å². The van der Waals surface area contributed by atoms with Gasteiger partial charge in [-0.1, -0.05) is 29.8 Å². The summed E-state index contributed by atoms with van der Waals surface area (Å²) in [5.74, 6) is 1.97. The van der Waals surface area contributed by atoms with Gasteiger partial charge in [-0.05, 0) is 32.9 Å². The number of aromatic nitrogens is 2. The molecule has 3 rings (SSSR count). The van der Waals surface area contributed by atoms with Crippen LogP contribution in [0.2, 0.25) is 0 Å². The molecule has 2 aromatic rings. The molecule has 1 aromatic heterocycles. The first-order valence-electron chi connectivity index (χ1n) is 7.04. The Bertz CT molecular complexity index is 554. The van der Waals surface area contributed by atoms with E-state index < -0.39 is 0 Å². The van der Waals surface area contributed by atoms with Crippen LogP contribution in [0.25, 0.3) is 11.3 Å². The quantitative estimate of drug-likeness (QED) is 0.913. The molecule has 0 aliphatic carbocycles. The Morgan fingerprint density at radius 2 is 2.11 bits per heavy atom. The van der Waals surface area contributed by atoms with E-state index in [0.717, 1.165) is 31.1 Å². The fraction of sp³-hybridized carbons (Fsp3) is 0.438. The highest BCUT2D eigenvalue weighted by molar-refractivity contribution is 5.59. The third-order valence-electron chi connectivity index (χ3n) is 3.95. The van der Waals surface area contributed by atoms with Gasteiger partial charge in [0.25, 0.3) is 0 Å². The first-order chi connectivity index (χ1) is 9.26. The average molecular weight is 255 g/mol. The van der Waals surface area contributed by atoms with Crippen molar-refractivity contribution < 1.29 is 0 Å².